The van der Waals surface area contributed by atoms with E-state index < -0.39 is 40.1 Å². The van der Waals surface area contributed by atoms with Gasteiger partial charge in [0.05, 0.1) is 5.60 Å². The maximum Gasteiger partial charge on any atom is 0.408 e. The molecule has 1 aromatic carbocycles. The molecule has 1 unspecified atom stereocenters. The second-order valence-corrected chi connectivity index (χ2v) is 14.4. The molecule has 4 N–H and O–H groups in total. The first-order valence-corrected chi connectivity index (χ1v) is 15.0. The van der Waals surface area contributed by atoms with Crippen LogP contribution in [-0.2, 0) is 15.2 Å². The number of nitrogens with zero attached hydrogens (tertiary/aromatic N) is 2. The molecular weight excluding hydrogens is 546 g/mol. The minimum Gasteiger partial charge on any atom is -0.465 e. The number of nitrogens with one attached hydrogen (secondary N) is 1. The SMILES string of the molecule is CC(C)[C@@H](NC(=O)[C@@H]1CCC(CCO)(N(C(=O)O)C(C)(C)C)C1)C(=O)N1CC[C@](O)(c2ccc(Cl)cc2)C(C)(C)C1. The van der Waals surface area contributed by atoms with E-state index in [4.69, 9.17) is 11.6 Å². The van der Waals surface area contributed by atoms with Crippen LogP contribution in [0.15, 0.2) is 24.3 Å². The van der Waals surface area contributed by atoms with E-state index in [1.807, 2.05) is 60.6 Å². The number of piperidine rings is 1. The second kappa shape index (κ2) is 12.1. The molecule has 2 aliphatic rings. The molecule has 230 valence electrons. The maximum atomic E-state index is 13.8. The van der Waals surface area contributed by atoms with E-state index in [-0.39, 0.29) is 37.2 Å². The maximum absolute atomic E-state index is 13.8. The number of carbonyl (C=O) groups excluding carboxylic acids is 2. The van der Waals surface area contributed by atoms with Crippen LogP contribution in [0.3, 0.4) is 0 Å². The van der Waals surface area contributed by atoms with Crippen molar-refractivity contribution in [2.24, 2.45) is 17.3 Å². The zero-order valence-corrected chi connectivity index (χ0v) is 26.3. The first kappa shape index (κ1) is 33.1. The highest BCUT2D eigenvalue weighted by atomic mass is 35.5. The number of benzene rings is 1. The Balaban J connectivity index is 1.76. The van der Waals surface area contributed by atoms with E-state index in [2.05, 4.69) is 5.32 Å². The molecule has 2 fully saturated rings. The van der Waals surface area contributed by atoms with Crippen molar-refractivity contribution in [2.75, 3.05) is 19.7 Å². The van der Waals surface area contributed by atoms with E-state index in [9.17, 15) is 29.7 Å². The average molecular weight is 594 g/mol. The van der Waals surface area contributed by atoms with Gasteiger partial charge in [0, 0.05) is 47.1 Å². The summed E-state index contributed by atoms with van der Waals surface area (Å²) in [7, 11) is 0. The molecule has 1 aliphatic heterocycles. The number of hydrogen-bond donors (Lipinski definition) is 4. The highest BCUT2D eigenvalue weighted by Gasteiger charge is 2.52. The van der Waals surface area contributed by atoms with Crippen molar-refractivity contribution in [2.45, 2.75) is 103 Å². The Labute approximate surface area is 249 Å². The predicted molar refractivity (Wildman–Crippen MR) is 158 cm³/mol. The minimum absolute atomic E-state index is 0.180. The van der Waals surface area contributed by atoms with Crippen molar-refractivity contribution < 1.29 is 29.7 Å². The first-order valence-electron chi connectivity index (χ1n) is 14.6. The van der Waals surface area contributed by atoms with Gasteiger partial charge in [-0.15, -0.1) is 0 Å². The number of carboxylic acid groups (broad SMARTS) is 1. The van der Waals surface area contributed by atoms with Gasteiger partial charge in [0.15, 0.2) is 0 Å². The van der Waals surface area contributed by atoms with Gasteiger partial charge in [-0.25, -0.2) is 4.79 Å². The fourth-order valence-electron chi connectivity index (χ4n) is 7.03. The van der Waals surface area contributed by atoms with Gasteiger partial charge in [0.1, 0.15) is 6.04 Å². The topological polar surface area (TPSA) is 130 Å². The standard InChI is InChI=1S/C31H48ClN3O6/c1-20(2)24(26(38)34-16-14-31(41,29(6,7)19-34)22-8-10-23(32)11-9-22)33-25(37)21-12-13-30(18-21,15-17-36)35(27(39)40)28(3,4)5/h8-11,20-21,24,36,41H,12-19H2,1-7H3,(H,33,37)(H,39,40)/t21-,24-,30?,31+/m1/s1. The molecule has 4 atom stereocenters. The van der Waals surface area contributed by atoms with Crippen LogP contribution in [0, 0.1) is 17.3 Å². The van der Waals surface area contributed by atoms with Crippen molar-refractivity contribution in [3.05, 3.63) is 34.9 Å². The van der Waals surface area contributed by atoms with E-state index >= 15 is 0 Å². The van der Waals surface area contributed by atoms with Crippen molar-refractivity contribution in [3.63, 3.8) is 0 Å². The molecule has 1 saturated heterocycles. The van der Waals surface area contributed by atoms with Gasteiger partial charge in [0.25, 0.3) is 0 Å². The van der Waals surface area contributed by atoms with Crippen LogP contribution in [-0.4, -0.2) is 79.8 Å². The number of aliphatic hydroxyl groups is 2. The molecule has 0 aromatic heterocycles. The van der Waals surface area contributed by atoms with Crippen LogP contribution < -0.4 is 5.32 Å². The van der Waals surface area contributed by atoms with Crippen LogP contribution in [0.5, 0.6) is 0 Å². The van der Waals surface area contributed by atoms with Crippen LogP contribution in [0.1, 0.15) is 86.1 Å². The largest absolute Gasteiger partial charge is 0.465 e. The Morgan fingerprint density at radius 1 is 1.15 bits per heavy atom. The third kappa shape index (κ3) is 6.67. The number of hydrogen-bond acceptors (Lipinski definition) is 5. The third-order valence-electron chi connectivity index (χ3n) is 9.18. The second-order valence-electron chi connectivity index (χ2n) is 13.9. The lowest BCUT2D eigenvalue weighted by Gasteiger charge is -2.51. The van der Waals surface area contributed by atoms with E-state index in [0.717, 1.165) is 5.56 Å². The molecule has 1 aromatic rings. The first-order chi connectivity index (χ1) is 18.9. The highest BCUT2D eigenvalue weighted by molar-refractivity contribution is 6.30. The van der Waals surface area contributed by atoms with Crippen molar-refractivity contribution >= 4 is 29.5 Å². The van der Waals surface area contributed by atoms with Crippen molar-refractivity contribution in [3.8, 4) is 0 Å². The van der Waals surface area contributed by atoms with Crippen molar-refractivity contribution in [1.82, 2.24) is 15.1 Å². The lowest BCUT2D eigenvalue weighted by molar-refractivity contribution is -0.157. The summed E-state index contributed by atoms with van der Waals surface area (Å²) >= 11 is 6.06. The smallest absolute Gasteiger partial charge is 0.408 e. The molecule has 1 aliphatic carbocycles. The van der Waals surface area contributed by atoms with E-state index in [0.29, 0.717) is 37.4 Å². The highest BCUT2D eigenvalue weighted by Crippen LogP contribution is 2.47. The fraction of sp³-hybridized carbons (Fsp3) is 0.710. The summed E-state index contributed by atoms with van der Waals surface area (Å²) in [5, 5.41) is 35.2. The summed E-state index contributed by atoms with van der Waals surface area (Å²) < 4.78 is 0. The van der Waals surface area contributed by atoms with Gasteiger partial charge < -0.3 is 25.5 Å². The van der Waals surface area contributed by atoms with E-state index in [1.54, 1.807) is 17.0 Å². The average Bonchev–Trinajstić information content (AvgIpc) is 3.27. The quantitative estimate of drug-likeness (QED) is 0.348. The Bertz CT molecular complexity index is 1120. The summed E-state index contributed by atoms with van der Waals surface area (Å²) in [5.41, 5.74) is -2.62. The monoisotopic (exact) mass is 593 g/mol. The normalized spacial score (nSPS) is 27.0. The van der Waals surface area contributed by atoms with Crippen LogP contribution in [0.25, 0.3) is 0 Å². The fourth-order valence-corrected chi connectivity index (χ4v) is 7.16. The predicted octanol–water partition coefficient (Wildman–Crippen LogP) is 4.63. The molecule has 41 heavy (non-hydrogen) atoms. The number of rotatable bonds is 8. The van der Waals surface area contributed by atoms with Gasteiger partial charge in [-0.2, -0.15) is 0 Å². The number of halogens is 1. The molecular formula is C31H48ClN3O6. The molecule has 0 spiro atoms. The molecule has 0 radical (unpaired) electrons. The summed E-state index contributed by atoms with van der Waals surface area (Å²) in [6.07, 6.45) is 0.720. The van der Waals surface area contributed by atoms with Crippen LogP contribution in [0.2, 0.25) is 5.02 Å². The molecule has 3 amide bonds. The third-order valence-corrected chi connectivity index (χ3v) is 9.43. The Kier molecular flexibility index (Phi) is 9.78. The summed E-state index contributed by atoms with van der Waals surface area (Å²) in [6, 6.07) is 6.39. The molecule has 10 heteroatoms. The molecule has 9 nitrogen and oxygen atoms in total. The van der Waals surface area contributed by atoms with Gasteiger partial charge >= 0.3 is 6.09 Å². The summed E-state index contributed by atoms with van der Waals surface area (Å²) in [4.78, 5) is 42.8. The van der Waals surface area contributed by atoms with Gasteiger partial charge in [-0.1, -0.05) is 51.4 Å². The lowest BCUT2D eigenvalue weighted by Crippen LogP contribution is -2.61. The van der Waals surface area contributed by atoms with Gasteiger partial charge in [0.2, 0.25) is 11.8 Å². The summed E-state index contributed by atoms with van der Waals surface area (Å²) in [5.74, 6) is -1.13. The Morgan fingerprint density at radius 2 is 1.76 bits per heavy atom. The van der Waals surface area contributed by atoms with E-state index in [1.165, 1.54) is 4.90 Å². The summed E-state index contributed by atoms with van der Waals surface area (Å²) in [6.45, 7) is 13.6. The molecule has 1 heterocycles. The number of carbonyl (C=O) groups is 3. The number of likely N-dealkylation sites (tertiary alicyclic amines) is 1. The lowest BCUT2D eigenvalue weighted by atomic mass is 9.66. The molecule has 0 bridgehead atoms. The van der Waals surface area contributed by atoms with Crippen LogP contribution >= 0.6 is 11.6 Å². The van der Waals surface area contributed by atoms with Crippen LogP contribution in [0.4, 0.5) is 4.79 Å². The zero-order chi connectivity index (χ0) is 31.0. The molecule has 1 saturated carbocycles. The van der Waals surface area contributed by atoms with Crippen molar-refractivity contribution in [1.29, 1.82) is 0 Å². The Hall–Kier alpha value is -2.36. The minimum atomic E-state index is -1.14. The Morgan fingerprint density at radius 3 is 2.24 bits per heavy atom. The number of aliphatic hydroxyl groups excluding tert-OH is 1. The number of amides is 3. The van der Waals surface area contributed by atoms with Gasteiger partial charge in [-0.05, 0) is 76.5 Å². The zero-order valence-electron chi connectivity index (χ0n) is 25.5. The van der Waals surface area contributed by atoms with Gasteiger partial charge in [-0.3, -0.25) is 14.5 Å². The molecule has 3 rings (SSSR count).